The maximum absolute atomic E-state index is 10.1. The first-order valence-electron chi connectivity index (χ1n) is 5.89. The monoisotopic (exact) mass is 259 g/mol. The lowest BCUT2D eigenvalue weighted by molar-refractivity contribution is 0.204. The van der Waals surface area contributed by atoms with E-state index >= 15 is 0 Å². The number of nitrogen functional groups attached to an aromatic ring is 1. The fourth-order valence-corrected chi connectivity index (χ4v) is 2.65. The van der Waals surface area contributed by atoms with Crippen LogP contribution in [-0.2, 0) is 0 Å². The van der Waals surface area contributed by atoms with E-state index in [4.69, 9.17) is 5.73 Å². The number of thioether (sulfide) groups is 1. The van der Waals surface area contributed by atoms with Gasteiger partial charge >= 0.3 is 0 Å². The highest BCUT2D eigenvalue weighted by atomic mass is 32.2. The zero-order valence-electron chi connectivity index (χ0n) is 10.3. The van der Waals surface area contributed by atoms with Gasteiger partial charge < -0.3 is 10.8 Å². The van der Waals surface area contributed by atoms with Crippen molar-refractivity contribution in [2.24, 2.45) is 0 Å². The molecule has 0 fully saturated rings. The van der Waals surface area contributed by atoms with Crippen LogP contribution in [0.25, 0.3) is 0 Å². The number of aliphatic hydroxyl groups excluding tert-OH is 1. The van der Waals surface area contributed by atoms with Crippen LogP contribution in [0.2, 0.25) is 0 Å². The van der Waals surface area contributed by atoms with Crippen molar-refractivity contribution in [3.05, 3.63) is 59.7 Å². The molecule has 0 aliphatic heterocycles. The van der Waals surface area contributed by atoms with Crippen molar-refractivity contribution < 1.29 is 5.11 Å². The Morgan fingerprint density at radius 1 is 1.17 bits per heavy atom. The SMILES string of the molecule is Cc1cc(SCC(O)c2ccccc2)ccc1N. The summed E-state index contributed by atoms with van der Waals surface area (Å²) < 4.78 is 0. The standard InChI is InChI=1S/C15H17NOS/c1-11-9-13(7-8-14(11)16)18-10-15(17)12-5-3-2-4-6-12/h2-9,15,17H,10,16H2,1H3. The van der Waals surface area contributed by atoms with Crippen molar-refractivity contribution in [3.63, 3.8) is 0 Å². The lowest BCUT2D eigenvalue weighted by atomic mass is 10.1. The van der Waals surface area contributed by atoms with Gasteiger partial charge in [0.25, 0.3) is 0 Å². The van der Waals surface area contributed by atoms with Crippen LogP contribution in [0.3, 0.4) is 0 Å². The van der Waals surface area contributed by atoms with Gasteiger partial charge in [-0.1, -0.05) is 30.3 Å². The molecule has 0 saturated carbocycles. The minimum Gasteiger partial charge on any atom is -0.399 e. The summed E-state index contributed by atoms with van der Waals surface area (Å²) in [5.41, 5.74) is 8.62. The molecule has 0 aliphatic rings. The number of nitrogens with two attached hydrogens (primary N) is 1. The minimum atomic E-state index is -0.436. The Morgan fingerprint density at radius 2 is 1.89 bits per heavy atom. The van der Waals surface area contributed by atoms with Crippen LogP contribution in [0.5, 0.6) is 0 Å². The fourth-order valence-electron chi connectivity index (χ4n) is 1.68. The van der Waals surface area contributed by atoms with E-state index in [-0.39, 0.29) is 0 Å². The zero-order chi connectivity index (χ0) is 13.0. The van der Waals surface area contributed by atoms with Gasteiger partial charge in [-0.25, -0.2) is 0 Å². The molecule has 2 aromatic carbocycles. The maximum Gasteiger partial charge on any atom is 0.0883 e. The molecule has 0 aromatic heterocycles. The number of hydrogen-bond donors (Lipinski definition) is 2. The van der Waals surface area contributed by atoms with E-state index in [2.05, 4.69) is 6.07 Å². The van der Waals surface area contributed by atoms with E-state index in [0.29, 0.717) is 5.75 Å². The molecule has 0 bridgehead atoms. The predicted octanol–water partition coefficient (Wildman–Crippen LogP) is 3.40. The summed E-state index contributed by atoms with van der Waals surface area (Å²) in [7, 11) is 0. The van der Waals surface area contributed by atoms with Crippen molar-refractivity contribution >= 4 is 17.4 Å². The van der Waals surface area contributed by atoms with E-state index in [1.807, 2.05) is 49.4 Å². The molecular weight excluding hydrogens is 242 g/mol. The van der Waals surface area contributed by atoms with Gasteiger partial charge in [0.1, 0.15) is 0 Å². The average Bonchev–Trinajstić information content (AvgIpc) is 2.41. The fraction of sp³-hybridized carbons (Fsp3) is 0.200. The normalized spacial score (nSPS) is 12.3. The van der Waals surface area contributed by atoms with Crippen LogP contribution in [0.15, 0.2) is 53.4 Å². The number of anilines is 1. The van der Waals surface area contributed by atoms with Gasteiger partial charge in [-0.05, 0) is 36.2 Å². The van der Waals surface area contributed by atoms with Gasteiger partial charge in [-0.3, -0.25) is 0 Å². The largest absolute Gasteiger partial charge is 0.399 e. The van der Waals surface area contributed by atoms with Crippen molar-refractivity contribution in [1.29, 1.82) is 0 Å². The molecule has 0 amide bonds. The molecule has 2 aromatic rings. The molecule has 3 N–H and O–H groups in total. The lowest BCUT2D eigenvalue weighted by Gasteiger charge is -2.11. The highest BCUT2D eigenvalue weighted by Gasteiger charge is 2.07. The topological polar surface area (TPSA) is 46.2 Å². The second kappa shape index (κ2) is 5.94. The maximum atomic E-state index is 10.1. The van der Waals surface area contributed by atoms with E-state index < -0.39 is 6.10 Å². The molecule has 0 aliphatic carbocycles. The van der Waals surface area contributed by atoms with Crippen LogP contribution in [0, 0.1) is 6.92 Å². The molecule has 0 radical (unpaired) electrons. The number of aryl methyl sites for hydroxylation is 1. The average molecular weight is 259 g/mol. The smallest absolute Gasteiger partial charge is 0.0883 e. The molecule has 2 nitrogen and oxygen atoms in total. The van der Waals surface area contributed by atoms with Crippen molar-refractivity contribution in [3.8, 4) is 0 Å². The molecular formula is C15H17NOS. The Morgan fingerprint density at radius 3 is 2.56 bits per heavy atom. The van der Waals surface area contributed by atoms with E-state index in [1.54, 1.807) is 11.8 Å². The highest BCUT2D eigenvalue weighted by molar-refractivity contribution is 7.99. The Hall–Kier alpha value is -1.45. The molecule has 0 saturated heterocycles. The summed E-state index contributed by atoms with van der Waals surface area (Å²) in [5.74, 6) is 0.646. The van der Waals surface area contributed by atoms with Gasteiger partial charge in [0.2, 0.25) is 0 Å². The Bertz CT molecular complexity index is 513. The summed E-state index contributed by atoms with van der Waals surface area (Å²) in [6.07, 6.45) is -0.436. The molecule has 94 valence electrons. The molecule has 2 rings (SSSR count). The van der Waals surface area contributed by atoms with Crippen molar-refractivity contribution in [1.82, 2.24) is 0 Å². The first-order chi connectivity index (χ1) is 8.66. The Kier molecular flexibility index (Phi) is 4.28. The number of benzene rings is 2. The van der Waals surface area contributed by atoms with Crippen LogP contribution in [0.1, 0.15) is 17.2 Å². The summed E-state index contributed by atoms with van der Waals surface area (Å²) in [6, 6.07) is 15.7. The molecule has 1 atom stereocenters. The van der Waals surface area contributed by atoms with E-state index in [9.17, 15) is 5.11 Å². The lowest BCUT2D eigenvalue weighted by Crippen LogP contribution is -2.00. The second-order valence-corrected chi connectivity index (χ2v) is 5.35. The quantitative estimate of drug-likeness (QED) is 0.653. The summed E-state index contributed by atoms with van der Waals surface area (Å²) in [5, 5.41) is 10.1. The number of hydrogen-bond acceptors (Lipinski definition) is 3. The minimum absolute atomic E-state index is 0.436. The molecule has 3 heteroatoms. The first-order valence-corrected chi connectivity index (χ1v) is 6.87. The third-order valence-corrected chi connectivity index (χ3v) is 3.90. The molecule has 0 spiro atoms. The van der Waals surface area contributed by atoms with Gasteiger partial charge in [0.15, 0.2) is 0 Å². The zero-order valence-corrected chi connectivity index (χ0v) is 11.2. The third kappa shape index (κ3) is 3.28. The second-order valence-electron chi connectivity index (χ2n) is 4.26. The van der Waals surface area contributed by atoms with Crippen LogP contribution in [0.4, 0.5) is 5.69 Å². The van der Waals surface area contributed by atoms with Gasteiger partial charge in [-0.15, -0.1) is 11.8 Å². The Labute approximate surface area is 112 Å². The van der Waals surface area contributed by atoms with Crippen molar-refractivity contribution in [2.45, 2.75) is 17.9 Å². The highest BCUT2D eigenvalue weighted by Crippen LogP contribution is 2.26. The summed E-state index contributed by atoms with van der Waals surface area (Å²) in [6.45, 7) is 1.99. The van der Waals surface area contributed by atoms with E-state index in [1.165, 1.54) is 0 Å². The van der Waals surface area contributed by atoms with Gasteiger partial charge in [0, 0.05) is 16.3 Å². The van der Waals surface area contributed by atoms with Gasteiger partial charge in [-0.2, -0.15) is 0 Å². The summed E-state index contributed by atoms with van der Waals surface area (Å²) >= 11 is 1.64. The number of aliphatic hydroxyl groups is 1. The molecule has 1 unspecified atom stereocenters. The Balaban J connectivity index is 1.97. The molecule has 18 heavy (non-hydrogen) atoms. The number of rotatable bonds is 4. The van der Waals surface area contributed by atoms with E-state index in [0.717, 1.165) is 21.7 Å². The molecule has 0 heterocycles. The van der Waals surface area contributed by atoms with Crippen LogP contribution >= 0.6 is 11.8 Å². The van der Waals surface area contributed by atoms with Gasteiger partial charge in [0.05, 0.1) is 6.10 Å². The summed E-state index contributed by atoms with van der Waals surface area (Å²) in [4.78, 5) is 1.14. The predicted molar refractivity (Wildman–Crippen MR) is 77.7 cm³/mol. The van der Waals surface area contributed by atoms with Crippen molar-refractivity contribution in [2.75, 3.05) is 11.5 Å². The first kappa shape index (κ1) is 13.0. The third-order valence-electron chi connectivity index (χ3n) is 2.83. The van der Waals surface area contributed by atoms with Crippen LogP contribution in [-0.4, -0.2) is 10.9 Å². The van der Waals surface area contributed by atoms with Crippen LogP contribution < -0.4 is 5.73 Å².